The molecule has 2 aliphatic heterocycles. The quantitative estimate of drug-likeness (QED) is 0.893. The molecule has 1 aromatic rings. The molecule has 0 aliphatic carbocycles. The molecular formula is C18H29N3O3. The highest BCUT2D eigenvalue weighted by Crippen LogP contribution is 2.23. The van der Waals surface area contributed by atoms with Gasteiger partial charge in [-0.15, -0.1) is 0 Å². The lowest BCUT2D eigenvalue weighted by Crippen LogP contribution is -2.41. The molecule has 6 nitrogen and oxygen atoms in total. The van der Waals surface area contributed by atoms with E-state index in [-0.39, 0.29) is 5.91 Å². The molecule has 0 radical (unpaired) electrons. The van der Waals surface area contributed by atoms with Gasteiger partial charge in [0, 0.05) is 37.8 Å². The Bertz CT molecular complexity index is 524. The molecule has 2 fully saturated rings. The van der Waals surface area contributed by atoms with Crippen molar-refractivity contribution in [3.05, 3.63) is 17.0 Å². The lowest BCUT2D eigenvalue weighted by Gasteiger charge is -2.32. The Morgan fingerprint density at radius 2 is 1.92 bits per heavy atom. The largest absolute Gasteiger partial charge is 0.381 e. The van der Waals surface area contributed by atoms with Gasteiger partial charge in [0.05, 0.1) is 5.69 Å². The molecule has 2 saturated heterocycles. The molecule has 0 atom stereocenters. The zero-order valence-corrected chi connectivity index (χ0v) is 14.8. The van der Waals surface area contributed by atoms with Crippen molar-refractivity contribution in [1.82, 2.24) is 15.4 Å². The van der Waals surface area contributed by atoms with Gasteiger partial charge in [-0.25, -0.2) is 0 Å². The Morgan fingerprint density at radius 1 is 1.21 bits per heavy atom. The van der Waals surface area contributed by atoms with Crippen LogP contribution in [-0.4, -0.2) is 48.3 Å². The number of carbonyl (C=O) groups is 1. The maximum Gasteiger partial charge on any atom is 0.220 e. The summed E-state index contributed by atoms with van der Waals surface area (Å²) in [6.07, 6.45) is 4.73. The molecule has 0 unspecified atom stereocenters. The van der Waals surface area contributed by atoms with E-state index in [4.69, 9.17) is 9.26 Å². The Hall–Kier alpha value is -1.40. The molecule has 6 heteroatoms. The Kier molecular flexibility index (Phi) is 5.89. The second-order valence-corrected chi connectivity index (χ2v) is 7.18. The predicted octanol–water partition coefficient (Wildman–Crippen LogP) is 2.19. The van der Waals surface area contributed by atoms with Crippen LogP contribution in [0.4, 0.5) is 0 Å². The van der Waals surface area contributed by atoms with Crippen LogP contribution in [-0.2, 0) is 16.1 Å². The second-order valence-electron chi connectivity index (χ2n) is 7.18. The Balaban J connectivity index is 1.39. The predicted molar refractivity (Wildman–Crippen MR) is 90.6 cm³/mol. The third-order valence-electron chi connectivity index (χ3n) is 5.33. The maximum absolute atomic E-state index is 12.2. The third-order valence-corrected chi connectivity index (χ3v) is 5.33. The topological polar surface area (TPSA) is 67.6 Å². The normalized spacial score (nSPS) is 21.1. The minimum atomic E-state index is 0.214. The van der Waals surface area contributed by atoms with E-state index < -0.39 is 0 Å². The van der Waals surface area contributed by atoms with E-state index in [2.05, 4.69) is 15.4 Å². The SMILES string of the molecule is Cc1noc(C)c1CN1CCC(CC(=O)NC2CCOCC2)CC1. The fraction of sp³-hybridized carbons (Fsp3) is 0.778. The number of ether oxygens (including phenoxy) is 1. The van der Waals surface area contributed by atoms with E-state index in [0.717, 1.165) is 70.0 Å². The average Bonchev–Trinajstić information content (AvgIpc) is 2.89. The minimum absolute atomic E-state index is 0.214. The van der Waals surface area contributed by atoms with E-state index in [1.54, 1.807) is 0 Å². The molecule has 1 N–H and O–H groups in total. The monoisotopic (exact) mass is 335 g/mol. The molecule has 134 valence electrons. The number of carbonyl (C=O) groups excluding carboxylic acids is 1. The molecule has 0 bridgehead atoms. The van der Waals surface area contributed by atoms with Crippen LogP contribution in [0.3, 0.4) is 0 Å². The molecular weight excluding hydrogens is 306 g/mol. The number of piperidine rings is 1. The van der Waals surface area contributed by atoms with Crippen molar-refractivity contribution >= 4 is 5.91 Å². The van der Waals surface area contributed by atoms with Gasteiger partial charge in [-0.3, -0.25) is 9.69 Å². The smallest absolute Gasteiger partial charge is 0.220 e. The highest BCUT2D eigenvalue weighted by atomic mass is 16.5. The number of rotatable bonds is 5. The van der Waals surface area contributed by atoms with Crippen LogP contribution in [0.1, 0.15) is 49.1 Å². The summed E-state index contributed by atoms with van der Waals surface area (Å²) in [7, 11) is 0. The highest BCUT2D eigenvalue weighted by molar-refractivity contribution is 5.76. The van der Waals surface area contributed by atoms with E-state index in [1.807, 2.05) is 13.8 Å². The molecule has 24 heavy (non-hydrogen) atoms. The molecule has 3 heterocycles. The number of hydrogen-bond acceptors (Lipinski definition) is 5. The summed E-state index contributed by atoms with van der Waals surface area (Å²) in [5, 5.41) is 7.20. The number of aryl methyl sites for hydroxylation is 2. The van der Waals surface area contributed by atoms with E-state index in [9.17, 15) is 4.79 Å². The Morgan fingerprint density at radius 3 is 2.54 bits per heavy atom. The summed E-state index contributed by atoms with van der Waals surface area (Å²) in [5.41, 5.74) is 2.20. The zero-order valence-electron chi connectivity index (χ0n) is 14.8. The minimum Gasteiger partial charge on any atom is -0.381 e. The average molecular weight is 335 g/mol. The van der Waals surface area contributed by atoms with Crippen molar-refractivity contribution in [3.63, 3.8) is 0 Å². The van der Waals surface area contributed by atoms with E-state index >= 15 is 0 Å². The van der Waals surface area contributed by atoms with Gasteiger partial charge >= 0.3 is 0 Å². The summed E-state index contributed by atoms with van der Waals surface area (Å²) >= 11 is 0. The number of nitrogens with zero attached hydrogens (tertiary/aromatic N) is 2. The van der Waals surface area contributed by atoms with Crippen LogP contribution >= 0.6 is 0 Å². The molecule has 0 aromatic carbocycles. The van der Waals surface area contributed by atoms with Crippen LogP contribution in [0.25, 0.3) is 0 Å². The molecule has 0 spiro atoms. The van der Waals surface area contributed by atoms with Crippen LogP contribution in [0.5, 0.6) is 0 Å². The molecule has 1 aromatic heterocycles. The lowest BCUT2D eigenvalue weighted by molar-refractivity contribution is -0.123. The van der Waals surface area contributed by atoms with Gasteiger partial charge in [0.1, 0.15) is 5.76 Å². The van der Waals surface area contributed by atoms with E-state index in [1.165, 1.54) is 5.56 Å². The lowest BCUT2D eigenvalue weighted by atomic mass is 9.92. The van der Waals surface area contributed by atoms with Crippen molar-refractivity contribution in [3.8, 4) is 0 Å². The molecule has 3 rings (SSSR count). The van der Waals surface area contributed by atoms with Crippen LogP contribution in [0.2, 0.25) is 0 Å². The first-order valence-corrected chi connectivity index (χ1v) is 9.13. The van der Waals surface area contributed by atoms with Gasteiger partial charge in [0.2, 0.25) is 5.91 Å². The van der Waals surface area contributed by atoms with Gasteiger partial charge in [-0.1, -0.05) is 5.16 Å². The van der Waals surface area contributed by atoms with Crippen LogP contribution in [0.15, 0.2) is 4.52 Å². The van der Waals surface area contributed by atoms with Crippen molar-refractivity contribution in [2.24, 2.45) is 5.92 Å². The van der Waals surface area contributed by atoms with Gasteiger partial charge in [0.25, 0.3) is 0 Å². The van der Waals surface area contributed by atoms with Gasteiger partial charge < -0.3 is 14.6 Å². The van der Waals surface area contributed by atoms with Crippen molar-refractivity contribution in [2.75, 3.05) is 26.3 Å². The number of aromatic nitrogens is 1. The summed E-state index contributed by atoms with van der Waals surface area (Å²) in [6.45, 7) is 8.50. The van der Waals surface area contributed by atoms with Crippen molar-refractivity contribution in [1.29, 1.82) is 0 Å². The first-order chi connectivity index (χ1) is 11.6. The first-order valence-electron chi connectivity index (χ1n) is 9.13. The maximum atomic E-state index is 12.2. The number of nitrogens with one attached hydrogen (secondary N) is 1. The fourth-order valence-electron chi connectivity index (χ4n) is 3.69. The first kappa shape index (κ1) is 17.4. The van der Waals surface area contributed by atoms with Crippen LogP contribution < -0.4 is 5.32 Å². The number of amides is 1. The highest BCUT2D eigenvalue weighted by Gasteiger charge is 2.24. The summed E-state index contributed by atoms with van der Waals surface area (Å²) in [6, 6.07) is 0.311. The third kappa shape index (κ3) is 4.57. The Labute approximate surface area is 143 Å². The zero-order chi connectivity index (χ0) is 16.9. The second kappa shape index (κ2) is 8.12. The molecule has 0 saturated carbocycles. The van der Waals surface area contributed by atoms with Crippen molar-refractivity contribution < 1.29 is 14.1 Å². The number of hydrogen-bond donors (Lipinski definition) is 1. The summed E-state index contributed by atoms with van der Waals surface area (Å²) in [5.74, 6) is 1.64. The standard InChI is InChI=1S/C18H29N3O3/c1-13-17(14(2)24-20-13)12-21-7-3-15(4-8-21)11-18(22)19-16-5-9-23-10-6-16/h15-16H,3-12H2,1-2H3,(H,19,22). The van der Waals surface area contributed by atoms with Gasteiger partial charge in [0.15, 0.2) is 0 Å². The van der Waals surface area contributed by atoms with E-state index in [0.29, 0.717) is 18.4 Å². The number of likely N-dealkylation sites (tertiary alicyclic amines) is 1. The van der Waals surface area contributed by atoms with Gasteiger partial charge in [-0.05, 0) is 58.5 Å². The fourth-order valence-corrected chi connectivity index (χ4v) is 3.69. The summed E-state index contributed by atoms with van der Waals surface area (Å²) in [4.78, 5) is 14.7. The summed E-state index contributed by atoms with van der Waals surface area (Å²) < 4.78 is 10.6. The molecule has 2 aliphatic rings. The molecule has 1 amide bonds. The van der Waals surface area contributed by atoms with Crippen LogP contribution in [0, 0.1) is 19.8 Å². The van der Waals surface area contributed by atoms with Crippen molar-refractivity contribution in [2.45, 2.75) is 58.5 Å². The van der Waals surface area contributed by atoms with Gasteiger partial charge in [-0.2, -0.15) is 0 Å².